The molecule has 5 aromatic rings. The zero-order chi connectivity index (χ0) is 24.0. The summed E-state index contributed by atoms with van der Waals surface area (Å²) in [6.07, 6.45) is 0. The van der Waals surface area contributed by atoms with Gasteiger partial charge >= 0.3 is 0 Å². The summed E-state index contributed by atoms with van der Waals surface area (Å²) in [5.41, 5.74) is 3.10. The molecule has 4 aromatic carbocycles. The van der Waals surface area contributed by atoms with E-state index < -0.39 is 5.92 Å². The fourth-order valence-corrected chi connectivity index (χ4v) is 4.37. The van der Waals surface area contributed by atoms with Crippen LogP contribution in [0, 0.1) is 11.3 Å². The molecule has 1 aliphatic rings. The summed E-state index contributed by atoms with van der Waals surface area (Å²) >= 11 is 0. The van der Waals surface area contributed by atoms with Crippen molar-refractivity contribution in [3.8, 4) is 51.4 Å². The van der Waals surface area contributed by atoms with Gasteiger partial charge in [0.05, 0.1) is 11.6 Å². The minimum atomic E-state index is -3.14. The van der Waals surface area contributed by atoms with Crippen molar-refractivity contribution in [3.63, 3.8) is 0 Å². The van der Waals surface area contributed by atoms with Gasteiger partial charge in [-0.15, -0.1) is 0 Å². The first kappa shape index (κ1) is 20.8. The van der Waals surface area contributed by atoms with Gasteiger partial charge in [-0.3, -0.25) is 0 Å². The van der Waals surface area contributed by atoms with Gasteiger partial charge in [0.2, 0.25) is 0 Å². The van der Waals surface area contributed by atoms with E-state index in [0.717, 1.165) is 11.1 Å². The van der Waals surface area contributed by atoms with Crippen molar-refractivity contribution >= 4 is 0 Å². The highest BCUT2D eigenvalue weighted by Crippen LogP contribution is 2.51. The van der Waals surface area contributed by atoms with E-state index in [1.54, 1.807) is 12.1 Å². The van der Waals surface area contributed by atoms with Gasteiger partial charge < -0.3 is 0 Å². The number of halogens is 2. The summed E-state index contributed by atoms with van der Waals surface area (Å²) in [6, 6.07) is 30.1. The van der Waals surface area contributed by atoms with Crippen LogP contribution in [0.2, 0.25) is 0 Å². The highest BCUT2D eigenvalue weighted by Gasteiger charge is 2.44. The van der Waals surface area contributed by atoms with Crippen LogP contribution >= 0.6 is 0 Å². The summed E-state index contributed by atoms with van der Waals surface area (Å²) in [5, 5.41) is 9.29. The summed E-state index contributed by atoms with van der Waals surface area (Å²) < 4.78 is 30.3. The van der Waals surface area contributed by atoms with Crippen LogP contribution in [0.25, 0.3) is 45.3 Å². The number of hydrogen-bond donors (Lipinski definition) is 0. The van der Waals surface area contributed by atoms with Crippen LogP contribution in [0.3, 0.4) is 0 Å². The molecule has 0 amide bonds. The van der Waals surface area contributed by atoms with Crippen molar-refractivity contribution < 1.29 is 8.78 Å². The average Bonchev–Trinajstić information content (AvgIpc) is 3.15. The molecule has 0 saturated heterocycles. The van der Waals surface area contributed by atoms with Gasteiger partial charge in [-0.1, -0.05) is 78.9 Å². The quantitative estimate of drug-likeness (QED) is 0.296. The molecule has 0 aliphatic heterocycles. The molecule has 1 aliphatic carbocycles. The van der Waals surface area contributed by atoms with E-state index in [4.69, 9.17) is 0 Å². The molecule has 0 spiro atoms. The van der Waals surface area contributed by atoms with Crippen LogP contribution in [-0.2, 0) is 5.92 Å². The molecule has 0 N–H and O–H groups in total. The second kappa shape index (κ2) is 7.93. The average molecular weight is 458 g/mol. The third kappa shape index (κ3) is 3.46. The minimum absolute atomic E-state index is 0.0908. The van der Waals surface area contributed by atoms with E-state index in [9.17, 15) is 5.26 Å². The standard InChI is InChI=1S/C29H16F2N4/c30-29(31)24-13-11-18(17-32)15-22(24)23-16-21(12-14-25(23)29)28-34-26(19-7-3-1-4-8-19)33-27(35-28)20-9-5-2-6-10-20/h1-16H. The summed E-state index contributed by atoms with van der Waals surface area (Å²) in [5.74, 6) is -1.77. The zero-order valence-corrected chi connectivity index (χ0v) is 18.3. The fraction of sp³-hybridized carbons (Fsp3) is 0.0345. The van der Waals surface area contributed by atoms with Crippen LogP contribution in [0.5, 0.6) is 0 Å². The van der Waals surface area contributed by atoms with E-state index in [2.05, 4.69) is 15.0 Å². The molecular weight excluding hydrogens is 442 g/mol. The van der Waals surface area contributed by atoms with Crippen molar-refractivity contribution in [3.05, 3.63) is 114 Å². The van der Waals surface area contributed by atoms with E-state index in [1.807, 2.05) is 66.7 Å². The Morgan fingerprint density at radius 1 is 0.571 bits per heavy atom. The number of rotatable bonds is 3. The highest BCUT2D eigenvalue weighted by atomic mass is 19.3. The molecule has 0 radical (unpaired) electrons. The molecular formula is C29H16F2N4. The van der Waals surface area contributed by atoms with Gasteiger partial charge in [-0.05, 0) is 29.3 Å². The molecule has 0 fully saturated rings. The maximum atomic E-state index is 15.1. The van der Waals surface area contributed by atoms with Crippen LogP contribution in [-0.4, -0.2) is 15.0 Å². The molecule has 4 nitrogen and oxygen atoms in total. The van der Waals surface area contributed by atoms with Crippen LogP contribution < -0.4 is 0 Å². The number of fused-ring (bicyclic) bond motifs is 3. The largest absolute Gasteiger partial charge is 0.299 e. The Kier molecular flexibility index (Phi) is 4.71. The van der Waals surface area contributed by atoms with Gasteiger partial charge in [-0.25, -0.2) is 15.0 Å². The topological polar surface area (TPSA) is 62.5 Å². The Hall–Kier alpha value is -4.76. The third-order valence-corrected chi connectivity index (χ3v) is 6.09. The Morgan fingerprint density at radius 2 is 1.06 bits per heavy atom. The van der Waals surface area contributed by atoms with E-state index in [-0.39, 0.29) is 11.1 Å². The van der Waals surface area contributed by atoms with Crippen LogP contribution in [0.4, 0.5) is 8.78 Å². The lowest BCUT2D eigenvalue weighted by molar-refractivity contribution is 0.0480. The number of benzene rings is 4. The van der Waals surface area contributed by atoms with Crippen molar-refractivity contribution in [2.75, 3.05) is 0 Å². The molecule has 0 atom stereocenters. The first-order valence-corrected chi connectivity index (χ1v) is 11.0. The van der Waals surface area contributed by atoms with Gasteiger partial charge in [0.15, 0.2) is 17.5 Å². The molecule has 1 heterocycles. The van der Waals surface area contributed by atoms with Gasteiger partial charge in [0, 0.05) is 27.8 Å². The maximum absolute atomic E-state index is 15.1. The molecule has 1 aromatic heterocycles. The number of nitrogens with zero attached hydrogens (tertiary/aromatic N) is 4. The molecule has 0 saturated carbocycles. The molecule has 6 rings (SSSR count). The van der Waals surface area contributed by atoms with Gasteiger partial charge in [0.1, 0.15) is 0 Å². The molecule has 6 heteroatoms. The number of aromatic nitrogens is 3. The van der Waals surface area contributed by atoms with Crippen molar-refractivity contribution in [1.29, 1.82) is 5.26 Å². The molecule has 35 heavy (non-hydrogen) atoms. The minimum Gasteiger partial charge on any atom is -0.208 e. The second-order valence-corrected chi connectivity index (χ2v) is 8.25. The maximum Gasteiger partial charge on any atom is 0.299 e. The lowest BCUT2D eigenvalue weighted by Crippen LogP contribution is -2.10. The molecule has 0 unspecified atom stereocenters. The van der Waals surface area contributed by atoms with E-state index >= 15 is 8.78 Å². The van der Waals surface area contributed by atoms with Crippen molar-refractivity contribution in [1.82, 2.24) is 15.0 Å². The Labute approximate surface area is 200 Å². The van der Waals surface area contributed by atoms with Gasteiger partial charge in [-0.2, -0.15) is 14.0 Å². The normalized spacial score (nSPS) is 13.1. The lowest BCUT2D eigenvalue weighted by Gasteiger charge is -2.12. The van der Waals surface area contributed by atoms with E-state index in [0.29, 0.717) is 39.7 Å². The Balaban J connectivity index is 1.56. The lowest BCUT2D eigenvalue weighted by atomic mass is 10.0. The predicted molar refractivity (Wildman–Crippen MR) is 129 cm³/mol. The van der Waals surface area contributed by atoms with Crippen LogP contribution in [0.15, 0.2) is 97.1 Å². The highest BCUT2D eigenvalue weighted by molar-refractivity contribution is 5.83. The zero-order valence-electron chi connectivity index (χ0n) is 18.3. The SMILES string of the molecule is N#Cc1ccc2c(c1)-c1cc(-c3nc(-c4ccccc4)nc(-c4ccccc4)n3)ccc1C2(F)F. The first-order valence-electron chi connectivity index (χ1n) is 11.0. The predicted octanol–water partition coefficient (Wildman–Crippen LogP) is 6.86. The summed E-state index contributed by atoms with van der Waals surface area (Å²) in [4.78, 5) is 14.1. The summed E-state index contributed by atoms with van der Waals surface area (Å²) in [7, 11) is 0. The monoisotopic (exact) mass is 458 g/mol. The van der Waals surface area contributed by atoms with Crippen LogP contribution in [0.1, 0.15) is 16.7 Å². The van der Waals surface area contributed by atoms with Crippen molar-refractivity contribution in [2.45, 2.75) is 5.92 Å². The van der Waals surface area contributed by atoms with Gasteiger partial charge in [0.25, 0.3) is 5.92 Å². The smallest absolute Gasteiger partial charge is 0.208 e. The third-order valence-electron chi connectivity index (χ3n) is 6.09. The second-order valence-electron chi connectivity index (χ2n) is 8.25. The van der Waals surface area contributed by atoms with E-state index in [1.165, 1.54) is 24.3 Å². The molecule has 0 bridgehead atoms. The molecule has 166 valence electrons. The fourth-order valence-electron chi connectivity index (χ4n) is 4.37. The Morgan fingerprint density at radius 3 is 1.60 bits per heavy atom. The Bertz CT molecular complexity index is 1570. The summed E-state index contributed by atoms with van der Waals surface area (Å²) in [6.45, 7) is 0. The number of alkyl halides is 2. The van der Waals surface area contributed by atoms with Crippen molar-refractivity contribution in [2.24, 2.45) is 0 Å². The first-order chi connectivity index (χ1) is 17.0. The number of nitriles is 1. The number of hydrogen-bond acceptors (Lipinski definition) is 4.